The molecule has 0 amide bonds. The fourth-order valence-corrected chi connectivity index (χ4v) is 6.74. The van der Waals surface area contributed by atoms with E-state index >= 15 is 0 Å². The van der Waals surface area contributed by atoms with Crippen molar-refractivity contribution < 1.29 is 84.0 Å². The number of rotatable bonds is 2. The average Bonchev–Trinajstić information content (AvgIpc) is 2.69. The molecule has 0 atom stereocenters. The molecule has 2 aromatic carbocycles. The van der Waals surface area contributed by atoms with Gasteiger partial charge in [-0.3, -0.25) is 4.79 Å². The van der Waals surface area contributed by atoms with Crippen LogP contribution in [0.4, 0.5) is 0 Å². The van der Waals surface area contributed by atoms with Crippen molar-refractivity contribution >= 4 is 107 Å². The monoisotopic (exact) mass is 899 g/mol. The molecule has 0 bridgehead atoms. The molecule has 3 N–H and O–H groups in total. The Balaban J connectivity index is 0.00000171. The predicted molar refractivity (Wildman–Crippen MR) is 145 cm³/mol. The Hall–Kier alpha value is 1.28. The number of carbonyl (C=O) groups is 1. The Kier molecular flexibility index (Phi) is 12.2. The molecular formula is C20H9I4Na2O6+. The molecular weight excluding hydrogens is 890 g/mol. The third-order valence-corrected chi connectivity index (χ3v) is 7.99. The number of halogens is 4. The SMILES string of the molecule is O.O=C(O)c1ccccc1-c1c2cc(I)c(=O)c(I)c-2oc2c(I)c([O-])c(I)cc12.[Na+].[Na+]. The standard InChI is InChI=1S/C20H8I4O5.2Na.H2O/c21-11-5-9-13(7-3-1-2-4-8(7)20(27)28)10-6-12(22)17(26)15(24)19(10)29-18(9)14(23)16(11)25;;;/h1-6,25H,(H,27,28);;;1H2/q;2*+1;/p-1. The zero-order chi connectivity index (χ0) is 21.0. The number of benzene rings is 3. The first kappa shape index (κ1) is 31.3. The van der Waals surface area contributed by atoms with Crippen molar-refractivity contribution in [1.29, 1.82) is 0 Å². The summed E-state index contributed by atoms with van der Waals surface area (Å²) in [6.07, 6.45) is 0. The van der Waals surface area contributed by atoms with Crippen LogP contribution in [0, 0.1) is 14.3 Å². The van der Waals surface area contributed by atoms with Crippen LogP contribution in [0.2, 0.25) is 0 Å². The maximum atomic E-state index is 12.5. The Labute approximate surface area is 281 Å². The normalized spacial score (nSPS) is 10.2. The van der Waals surface area contributed by atoms with E-state index in [0.29, 0.717) is 47.7 Å². The predicted octanol–water partition coefficient (Wildman–Crippen LogP) is -1.06. The van der Waals surface area contributed by atoms with Crippen LogP contribution in [0.1, 0.15) is 10.4 Å². The van der Waals surface area contributed by atoms with Gasteiger partial charge in [-0.1, -0.05) is 23.9 Å². The van der Waals surface area contributed by atoms with E-state index in [1.807, 2.05) is 90.4 Å². The van der Waals surface area contributed by atoms with Gasteiger partial charge in [-0.2, -0.15) is 0 Å². The molecule has 1 heterocycles. The minimum atomic E-state index is -1.06. The van der Waals surface area contributed by atoms with Crippen LogP contribution in [-0.4, -0.2) is 16.6 Å². The number of hydrogen-bond acceptors (Lipinski definition) is 4. The van der Waals surface area contributed by atoms with Gasteiger partial charge in [0.05, 0.1) is 9.13 Å². The van der Waals surface area contributed by atoms with Crippen molar-refractivity contribution in [3.8, 4) is 28.2 Å². The second kappa shape index (κ2) is 12.5. The van der Waals surface area contributed by atoms with Crippen molar-refractivity contribution in [3.63, 3.8) is 0 Å². The number of carboxylic acids is 1. The van der Waals surface area contributed by atoms with Gasteiger partial charge in [-0.05, 0) is 114 Å². The molecule has 0 fully saturated rings. The van der Waals surface area contributed by atoms with Crippen LogP contribution in [0.3, 0.4) is 0 Å². The van der Waals surface area contributed by atoms with E-state index in [9.17, 15) is 19.8 Å². The van der Waals surface area contributed by atoms with Crippen LogP contribution in [0.25, 0.3) is 33.4 Å². The molecule has 0 radical (unpaired) electrons. The molecule has 154 valence electrons. The maximum absolute atomic E-state index is 12.5. The van der Waals surface area contributed by atoms with E-state index in [-0.39, 0.29) is 81.3 Å². The van der Waals surface area contributed by atoms with Gasteiger partial charge in [0, 0.05) is 23.7 Å². The quantitative estimate of drug-likeness (QED) is 0.156. The molecule has 1 aliphatic heterocycles. The summed E-state index contributed by atoms with van der Waals surface area (Å²) in [5.74, 6) is -0.878. The van der Waals surface area contributed by atoms with Crippen molar-refractivity contribution in [1.82, 2.24) is 0 Å². The first-order valence-corrected chi connectivity index (χ1v) is 12.3. The summed E-state index contributed by atoms with van der Waals surface area (Å²) in [4.78, 5) is 24.4. The smallest absolute Gasteiger partial charge is 0.871 e. The summed E-state index contributed by atoms with van der Waals surface area (Å²) in [6.45, 7) is 0. The molecule has 0 saturated heterocycles. The Morgan fingerprint density at radius 2 is 1.56 bits per heavy atom. The molecule has 0 aromatic heterocycles. The molecule has 0 spiro atoms. The minimum Gasteiger partial charge on any atom is -0.871 e. The topological polar surface area (TPSA) is 122 Å². The summed E-state index contributed by atoms with van der Waals surface area (Å²) < 4.78 is 7.87. The van der Waals surface area contributed by atoms with Gasteiger partial charge in [0.1, 0.15) is 9.15 Å². The van der Waals surface area contributed by atoms with E-state index in [1.54, 1.807) is 30.3 Å². The van der Waals surface area contributed by atoms with Gasteiger partial charge in [-0.15, -0.1) is 0 Å². The summed E-state index contributed by atoms with van der Waals surface area (Å²) in [5.41, 5.74) is 2.07. The molecule has 0 saturated carbocycles. The largest absolute Gasteiger partial charge is 1.00 e. The number of fused-ring (bicyclic) bond motifs is 2. The van der Waals surface area contributed by atoms with Crippen LogP contribution < -0.4 is 69.6 Å². The van der Waals surface area contributed by atoms with Crippen molar-refractivity contribution in [2.75, 3.05) is 0 Å². The number of carboxylic acid groups (broad SMARTS) is 1. The van der Waals surface area contributed by atoms with E-state index in [1.165, 1.54) is 6.07 Å². The minimum absolute atomic E-state index is 0. The van der Waals surface area contributed by atoms with Crippen LogP contribution in [0.5, 0.6) is 5.75 Å². The van der Waals surface area contributed by atoms with Crippen LogP contribution >= 0.6 is 90.4 Å². The third kappa shape index (κ3) is 5.49. The number of aromatic carboxylic acids is 1. The molecule has 12 heteroatoms. The fourth-order valence-electron chi connectivity index (χ4n) is 3.16. The summed E-state index contributed by atoms with van der Waals surface area (Å²) in [7, 11) is 0. The number of hydrogen-bond donors (Lipinski definition) is 1. The zero-order valence-corrected chi connectivity index (χ0v) is 29.2. The van der Waals surface area contributed by atoms with Gasteiger partial charge in [0.25, 0.3) is 0 Å². The van der Waals surface area contributed by atoms with Crippen LogP contribution in [0.15, 0.2) is 45.6 Å². The van der Waals surface area contributed by atoms with E-state index in [0.717, 1.165) is 0 Å². The summed E-state index contributed by atoms with van der Waals surface area (Å²) in [5, 5.41) is 22.9. The van der Waals surface area contributed by atoms with Crippen molar-refractivity contribution in [3.05, 3.63) is 66.5 Å². The second-order valence-corrected chi connectivity index (χ2v) is 10.6. The third-order valence-electron chi connectivity index (χ3n) is 4.43. The summed E-state index contributed by atoms with van der Waals surface area (Å²) in [6, 6.07) is 10.1. The van der Waals surface area contributed by atoms with E-state index in [4.69, 9.17) is 4.42 Å². The summed E-state index contributed by atoms with van der Waals surface area (Å²) >= 11 is 7.81. The molecule has 32 heavy (non-hydrogen) atoms. The van der Waals surface area contributed by atoms with Crippen molar-refractivity contribution in [2.24, 2.45) is 0 Å². The maximum Gasteiger partial charge on any atom is 1.00 e. The Morgan fingerprint density at radius 1 is 0.938 bits per heavy atom. The van der Waals surface area contributed by atoms with E-state index in [2.05, 4.69) is 0 Å². The molecule has 1 aliphatic carbocycles. The van der Waals surface area contributed by atoms with Gasteiger partial charge < -0.3 is 20.1 Å². The Morgan fingerprint density at radius 3 is 2.19 bits per heavy atom. The van der Waals surface area contributed by atoms with Gasteiger partial charge in [0.15, 0.2) is 5.76 Å². The first-order chi connectivity index (χ1) is 13.7. The van der Waals surface area contributed by atoms with Gasteiger partial charge in [0.2, 0.25) is 5.43 Å². The molecule has 2 aliphatic rings. The zero-order valence-electron chi connectivity index (χ0n) is 16.6. The molecule has 0 unspecified atom stereocenters. The fraction of sp³-hybridized carbons (Fsp3) is 0. The van der Waals surface area contributed by atoms with Crippen LogP contribution in [-0.2, 0) is 0 Å². The molecule has 6 nitrogen and oxygen atoms in total. The first-order valence-electron chi connectivity index (χ1n) is 7.98. The average molecular weight is 899 g/mol. The molecule has 4 rings (SSSR count). The van der Waals surface area contributed by atoms with E-state index < -0.39 is 5.97 Å². The second-order valence-electron chi connectivity index (χ2n) is 6.08. The van der Waals surface area contributed by atoms with Gasteiger partial charge >= 0.3 is 65.1 Å². The molecule has 2 aromatic rings. The Bertz CT molecular complexity index is 1370. The van der Waals surface area contributed by atoms with Crippen molar-refractivity contribution in [2.45, 2.75) is 0 Å². The van der Waals surface area contributed by atoms with Gasteiger partial charge in [-0.25, -0.2) is 4.79 Å².